The smallest absolute Gasteiger partial charge is 0.414 e. The molecule has 0 saturated heterocycles. The molecule has 0 fully saturated rings. The molecule has 0 aromatic heterocycles. The fourth-order valence-electron chi connectivity index (χ4n) is 0.520. The Balaban J connectivity index is 0. The molecule has 0 spiro atoms. The number of hydrogen-bond acceptors (Lipinski definition) is 5. The van der Waals surface area contributed by atoms with Crippen LogP contribution in [0.1, 0.15) is 20.3 Å². The van der Waals surface area contributed by atoms with Gasteiger partial charge in [0.2, 0.25) is 0 Å². The molecule has 0 rings (SSSR count). The van der Waals surface area contributed by atoms with E-state index in [2.05, 4.69) is 5.32 Å². The number of amides is 1. The van der Waals surface area contributed by atoms with Gasteiger partial charge in [-0.05, 0) is 26.8 Å². The average Bonchev–Trinajstić information content (AvgIpc) is 2.17. The molecule has 8 nitrogen and oxygen atoms in total. The topological polar surface area (TPSA) is 150 Å². The summed E-state index contributed by atoms with van der Waals surface area (Å²) in [5.41, 5.74) is 3.93. The number of carbonyl (C=O) groups excluding carboxylic acids is 1. The molecular formula is C9H18N2O6. The Morgan fingerprint density at radius 1 is 1.18 bits per heavy atom. The zero-order valence-electron chi connectivity index (χ0n) is 9.77. The second-order valence-electron chi connectivity index (χ2n) is 3.57. The third-order valence-corrected chi connectivity index (χ3v) is 1.41. The quantitative estimate of drug-likeness (QED) is 0.297. The normalized spacial score (nSPS) is 9.88. The second kappa shape index (κ2) is 8.48. The van der Waals surface area contributed by atoms with Gasteiger partial charge in [-0.15, -0.1) is 0 Å². The predicted octanol–water partition coefficient (Wildman–Crippen LogP) is -1.62. The molecule has 0 radical (unpaired) electrons. The van der Waals surface area contributed by atoms with E-state index in [-0.39, 0.29) is 5.91 Å². The molecule has 0 aliphatic heterocycles. The van der Waals surface area contributed by atoms with E-state index in [1.165, 1.54) is 13.8 Å². The molecule has 0 heterocycles. The summed E-state index contributed by atoms with van der Waals surface area (Å²) in [4.78, 5) is 29.1. The number of aliphatic carboxylic acids is 2. The van der Waals surface area contributed by atoms with E-state index in [1.807, 2.05) is 0 Å². The Labute approximate surface area is 98.4 Å². The predicted molar refractivity (Wildman–Crippen MR) is 58.3 cm³/mol. The van der Waals surface area contributed by atoms with Gasteiger partial charge in [-0.1, -0.05) is 0 Å². The monoisotopic (exact) mass is 250 g/mol. The van der Waals surface area contributed by atoms with Gasteiger partial charge in [0.25, 0.3) is 5.91 Å². The highest BCUT2D eigenvalue weighted by atomic mass is 16.4. The van der Waals surface area contributed by atoms with Crippen LogP contribution in [0.15, 0.2) is 0 Å². The Kier molecular flexibility index (Phi) is 8.84. The van der Waals surface area contributed by atoms with Crippen molar-refractivity contribution in [2.24, 2.45) is 5.73 Å². The van der Waals surface area contributed by atoms with Crippen molar-refractivity contribution in [1.29, 1.82) is 0 Å². The molecule has 0 atom stereocenters. The van der Waals surface area contributed by atoms with E-state index in [0.29, 0.717) is 13.1 Å². The molecule has 0 unspecified atom stereocenters. The van der Waals surface area contributed by atoms with Crippen molar-refractivity contribution >= 4 is 17.8 Å². The van der Waals surface area contributed by atoms with Crippen LogP contribution in [0.4, 0.5) is 0 Å². The fourth-order valence-corrected chi connectivity index (χ4v) is 0.520. The molecule has 0 aromatic rings. The molecule has 0 aromatic carbocycles. The van der Waals surface area contributed by atoms with Crippen LogP contribution >= 0.6 is 0 Å². The zero-order valence-corrected chi connectivity index (χ0v) is 9.77. The number of aliphatic hydroxyl groups is 1. The van der Waals surface area contributed by atoms with Crippen LogP contribution in [0.25, 0.3) is 0 Å². The first-order valence-corrected chi connectivity index (χ1v) is 4.79. The highest BCUT2D eigenvalue weighted by Crippen LogP contribution is 1.99. The number of carbonyl (C=O) groups is 3. The molecule has 6 N–H and O–H groups in total. The van der Waals surface area contributed by atoms with Crippen molar-refractivity contribution in [2.45, 2.75) is 25.9 Å². The SMILES string of the molecule is CC(C)(O)C(=O)NCCCN.O=C(O)C(=O)O. The van der Waals surface area contributed by atoms with Gasteiger partial charge in [0, 0.05) is 6.54 Å². The van der Waals surface area contributed by atoms with Gasteiger partial charge in [0.05, 0.1) is 0 Å². The van der Waals surface area contributed by atoms with Gasteiger partial charge in [-0.3, -0.25) is 4.79 Å². The van der Waals surface area contributed by atoms with E-state index in [1.54, 1.807) is 0 Å². The maximum atomic E-state index is 10.9. The van der Waals surface area contributed by atoms with E-state index in [4.69, 9.17) is 30.6 Å². The van der Waals surface area contributed by atoms with Crippen LogP contribution in [0.5, 0.6) is 0 Å². The summed E-state index contributed by atoms with van der Waals surface area (Å²) < 4.78 is 0. The third kappa shape index (κ3) is 12.3. The van der Waals surface area contributed by atoms with Crippen molar-refractivity contribution in [3.8, 4) is 0 Å². The first-order valence-electron chi connectivity index (χ1n) is 4.79. The largest absolute Gasteiger partial charge is 0.473 e. The minimum atomic E-state index is -1.82. The average molecular weight is 250 g/mol. The van der Waals surface area contributed by atoms with E-state index >= 15 is 0 Å². The first kappa shape index (κ1) is 17.7. The summed E-state index contributed by atoms with van der Waals surface area (Å²) in [6.07, 6.45) is 0.738. The van der Waals surface area contributed by atoms with Crippen molar-refractivity contribution in [3.63, 3.8) is 0 Å². The Morgan fingerprint density at radius 3 is 1.82 bits per heavy atom. The van der Waals surface area contributed by atoms with Crippen LogP contribution in [-0.2, 0) is 14.4 Å². The van der Waals surface area contributed by atoms with Gasteiger partial charge in [-0.25, -0.2) is 9.59 Å². The molecule has 100 valence electrons. The number of carboxylic acids is 2. The number of hydrogen-bond donors (Lipinski definition) is 5. The lowest BCUT2D eigenvalue weighted by Crippen LogP contribution is -2.42. The first-order chi connectivity index (χ1) is 7.62. The van der Waals surface area contributed by atoms with E-state index in [9.17, 15) is 4.79 Å². The minimum absolute atomic E-state index is 0.356. The van der Waals surface area contributed by atoms with Gasteiger partial charge >= 0.3 is 11.9 Å². The van der Waals surface area contributed by atoms with Gasteiger partial charge in [-0.2, -0.15) is 0 Å². The molecule has 17 heavy (non-hydrogen) atoms. The van der Waals surface area contributed by atoms with Gasteiger partial charge in [0.1, 0.15) is 5.60 Å². The summed E-state index contributed by atoms with van der Waals surface area (Å²) in [7, 11) is 0. The Hall–Kier alpha value is -1.67. The summed E-state index contributed by atoms with van der Waals surface area (Å²) in [6, 6.07) is 0. The Morgan fingerprint density at radius 2 is 1.59 bits per heavy atom. The fraction of sp³-hybridized carbons (Fsp3) is 0.667. The minimum Gasteiger partial charge on any atom is -0.473 e. The van der Waals surface area contributed by atoms with Crippen LogP contribution in [0.2, 0.25) is 0 Å². The van der Waals surface area contributed by atoms with E-state index in [0.717, 1.165) is 6.42 Å². The zero-order chi connectivity index (χ0) is 14.1. The lowest BCUT2D eigenvalue weighted by molar-refractivity contribution is -0.159. The molecule has 1 amide bonds. The number of nitrogens with two attached hydrogens (primary N) is 1. The molecular weight excluding hydrogens is 232 g/mol. The molecule has 0 bridgehead atoms. The van der Waals surface area contributed by atoms with Crippen molar-refractivity contribution in [2.75, 3.05) is 13.1 Å². The second-order valence-corrected chi connectivity index (χ2v) is 3.57. The number of rotatable bonds is 4. The third-order valence-electron chi connectivity index (χ3n) is 1.41. The molecule has 0 aliphatic carbocycles. The van der Waals surface area contributed by atoms with Crippen molar-refractivity contribution in [1.82, 2.24) is 5.32 Å². The highest BCUT2D eigenvalue weighted by molar-refractivity contribution is 6.27. The summed E-state index contributed by atoms with van der Waals surface area (Å²) in [5.74, 6) is -4.00. The maximum absolute atomic E-state index is 10.9. The van der Waals surface area contributed by atoms with Crippen LogP contribution in [-0.4, -0.2) is 51.9 Å². The lowest BCUT2D eigenvalue weighted by atomic mass is 10.1. The van der Waals surface area contributed by atoms with Gasteiger partial charge < -0.3 is 26.4 Å². The molecule has 0 saturated carbocycles. The van der Waals surface area contributed by atoms with Crippen LogP contribution in [0.3, 0.4) is 0 Å². The molecule has 0 aliphatic rings. The van der Waals surface area contributed by atoms with Crippen molar-refractivity contribution < 1.29 is 29.7 Å². The summed E-state index contributed by atoms with van der Waals surface area (Å²) in [6.45, 7) is 3.97. The summed E-state index contributed by atoms with van der Waals surface area (Å²) >= 11 is 0. The van der Waals surface area contributed by atoms with Crippen molar-refractivity contribution in [3.05, 3.63) is 0 Å². The summed E-state index contributed by atoms with van der Waals surface area (Å²) in [5, 5.41) is 26.5. The van der Waals surface area contributed by atoms with Crippen LogP contribution < -0.4 is 11.1 Å². The molecule has 8 heteroatoms. The maximum Gasteiger partial charge on any atom is 0.414 e. The Bertz CT molecular complexity index is 259. The highest BCUT2D eigenvalue weighted by Gasteiger charge is 2.22. The van der Waals surface area contributed by atoms with Crippen LogP contribution in [0, 0.1) is 0 Å². The number of nitrogens with one attached hydrogen (secondary N) is 1. The van der Waals surface area contributed by atoms with Gasteiger partial charge in [0.15, 0.2) is 0 Å². The van der Waals surface area contributed by atoms with E-state index < -0.39 is 17.5 Å². The standard InChI is InChI=1S/C7H16N2O2.C2H2O4/c1-7(2,11)6(10)9-5-3-4-8;3-1(4)2(5)6/h11H,3-5,8H2,1-2H3,(H,9,10);(H,3,4)(H,5,6). The number of carboxylic acid groups (broad SMARTS) is 2. The lowest BCUT2D eigenvalue weighted by Gasteiger charge is -2.15.